The lowest BCUT2D eigenvalue weighted by atomic mass is 9.95. The number of hydrogen-bond donors (Lipinski definition) is 1. The number of nitrogens with zero attached hydrogens (tertiary/aromatic N) is 1. The van der Waals surface area contributed by atoms with Crippen molar-refractivity contribution in [3.8, 4) is 0 Å². The van der Waals surface area contributed by atoms with E-state index in [1.807, 2.05) is 62.6 Å². The van der Waals surface area contributed by atoms with E-state index in [0.717, 1.165) is 12.1 Å². The fraction of sp³-hybridized carbons (Fsp3) is 0.353. The molecule has 0 bridgehead atoms. The Morgan fingerprint density at radius 1 is 1.19 bits per heavy atom. The Bertz CT molecular complexity index is 561. The van der Waals surface area contributed by atoms with Gasteiger partial charge in [-0.3, -0.25) is 4.79 Å². The second kappa shape index (κ2) is 7.32. The largest absolute Gasteiger partial charge is 0.354 e. The maximum Gasteiger partial charge on any atom is 0.220 e. The van der Waals surface area contributed by atoms with Gasteiger partial charge in [0, 0.05) is 42.3 Å². The molecule has 21 heavy (non-hydrogen) atoms. The third-order valence-electron chi connectivity index (χ3n) is 3.32. The summed E-state index contributed by atoms with van der Waals surface area (Å²) in [6, 6.07) is 11.9. The number of benzene rings is 1. The summed E-state index contributed by atoms with van der Waals surface area (Å²) in [5.41, 5.74) is 1.13. The van der Waals surface area contributed by atoms with Gasteiger partial charge in [0.1, 0.15) is 0 Å². The van der Waals surface area contributed by atoms with Crippen LogP contribution in [0.15, 0.2) is 48.8 Å². The van der Waals surface area contributed by atoms with Gasteiger partial charge in [-0.1, -0.05) is 23.7 Å². The normalized spacial score (nSPS) is 12.4. The van der Waals surface area contributed by atoms with Gasteiger partial charge in [-0.2, -0.15) is 0 Å². The smallest absolute Gasteiger partial charge is 0.220 e. The molecule has 0 fully saturated rings. The summed E-state index contributed by atoms with van der Waals surface area (Å²) in [6.07, 6.45) is 4.50. The first-order chi connectivity index (χ1) is 10.0. The molecule has 1 N–H and O–H groups in total. The summed E-state index contributed by atoms with van der Waals surface area (Å²) in [4.78, 5) is 12.1. The van der Waals surface area contributed by atoms with Crippen LogP contribution in [-0.2, 0) is 11.3 Å². The lowest BCUT2D eigenvalue weighted by Crippen LogP contribution is -2.31. The summed E-state index contributed by atoms with van der Waals surface area (Å²) >= 11 is 5.95. The number of amides is 1. The summed E-state index contributed by atoms with van der Waals surface area (Å²) in [7, 11) is 0. The van der Waals surface area contributed by atoms with Crippen LogP contribution in [0.3, 0.4) is 0 Å². The predicted octanol–water partition coefficient (Wildman–Crippen LogP) is 3.84. The lowest BCUT2D eigenvalue weighted by Gasteiger charge is -2.19. The van der Waals surface area contributed by atoms with E-state index in [9.17, 15) is 4.79 Å². The summed E-state index contributed by atoms with van der Waals surface area (Å²) in [5.74, 6) is 0.213. The van der Waals surface area contributed by atoms with E-state index in [2.05, 4.69) is 9.88 Å². The second-order valence-corrected chi connectivity index (χ2v) is 5.99. The van der Waals surface area contributed by atoms with Gasteiger partial charge < -0.3 is 9.88 Å². The van der Waals surface area contributed by atoms with E-state index >= 15 is 0 Å². The minimum Gasteiger partial charge on any atom is -0.354 e. The van der Waals surface area contributed by atoms with E-state index in [4.69, 9.17) is 11.6 Å². The van der Waals surface area contributed by atoms with Crippen LogP contribution in [0.25, 0.3) is 0 Å². The zero-order valence-electron chi connectivity index (χ0n) is 12.4. The van der Waals surface area contributed by atoms with Gasteiger partial charge in [-0.05, 0) is 43.7 Å². The maximum absolute atomic E-state index is 12.1. The second-order valence-electron chi connectivity index (χ2n) is 5.55. The first kappa shape index (κ1) is 15.6. The topological polar surface area (TPSA) is 34.0 Å². The highest BCUT2D eigenvalue weighted by Crippen LogP contribution is 2.24. The van der Waals surface area contributed by atoms with E-state index in [1.165, 1.54) is 0 Å². The minimum atomic E-state index is 0.0807. The SMILES string of the molecule is CC(C)NC(=O)C[C@H](Cn1cccc1)c1ccc(Cl)cc1. The first-order valence-corrected chi connectivity index (χ1v) is 7.58. The van der Waals surface area contributed by atoms with Crippen LogP contribution in [-0.4, -0.2) is 16.5 Å². The van der Waals surface area contributed by atoms with Crippen molar-refractivity contribution in [2.75, 3.05) is 0 Å². The van der Waals surface area contributed by atoms with Crippen LogP contribution in [0.1, 0.15) is 31.7 Å². The Labute approximate surface area is 130 Å². The van der Waals surface area contributed by atoms with E-state index in [0.29, 0.717) is 11.4 Å². The Balaban J connectivity index is 2.13. The molecule has 1 amide bonds. The molecule has 0 radical (unpaired) electrons. The summed E-state index contributed by atoms with van der Waals surface area (Å²) in [6.45, 7) is 4.72. The molecule has 0 spiro atoms. The molecule has 2 rings (SSSR count). The molecule has 0 saturated heterocycles. The molecule has 0 aliphatic carbocycles. The van der Waals surface area contributed by atoms with Crippen molar-refractivity contribution in [2.24, 2.45) is 0 Å². The van der Waals surface area contributed by atoms with Gasteiger partial charge in [-0.15, -0.1) is 0 Å². The highest BCUT2D eigenvalue weighted by Gasteiger charge is 2.17. The van der Waals surface area contributed by atoms with E-state index in [-0.39, 0.29) is 17.9 Å². The van der Waals surface area contributed by atoms with Crippen molar-refractivity contribution in [3.63, 3.8) is 0 Å². The van der Waals surface area contributed by atoms with Gasteiger partial charge in [0.05, 0.1) is 0 Å². The summed E-state index contributed by atoms with van der Waals surface area (Å²) < 4.78 is 2.10. The highest BCUT2D eigenvalue weighted by atomic mass is 35.5. The molecule has 4 heteroatoms. The van der Waals surface area contributed by atoms with Crippen molar-refractivity contribution in [3.05, 3.63) is 59.4 Å². The number of nitrogens with one attached hydrogen (secondary N) is 1. The molecule has 1 aromatic carbocycles. The molecule has 112 valence electrons. The fourth-order valence-electron chi connectivity index (χ4n) is 2.37. The van der Waals surface area contributed by atoms with Crippen LogP contribution in [0.5, 0.6) is 0 Å². The Kier molecular flexibility index (Phi) is 5.45. The standard InChI is InChI=1S/C17H21ClN2O/c1-13(2)19-17(21)11-15(12-20-9-3-4-10-20)14-5-7-16(18)8-6-14/h3-10,13,15H,11-12H2,1-2H3,(H,19,21)/t15-/m1/s1. The molecule has 0 aliphatic rings. The van der Waals surface area contributed by atoms with Gasteiger partial charge in [-0.25, -0.2) is 0 Å². The number of rotatable bonds is 6. The molecule has 0 unspecified atom stereocenters. The molecule has 1 heterocycles. The van der Waals surface area contributed by atoms with Crippen LogP contribution in [0, 0.1) is 0 Å². The lowest BCUT2D eigenvalue weighted by molar-refractivity contribution is -0.122. The van der Waals surface area contributed by atoms with Crippen molar-refractivity contribution >= 4 is 17.5 Å². The van der Waals surface area contributed by atoms with Gasteiger partial charge in [0.15, 0.2) is 0 Å². The Hall–Kier alpha value is -1.74. The highest BCUT2D eigenvalue weighted by molar-refractivity contribution is 6.30. The molecule has 1 aromatic heterocycles. The number of halogens is 1. The summed E-state index contributed by atoms with van der Waals surface area (Å²) in [5, 5.41) is 3.67. The van der Waals surface area contributed by atoms with Crippen molar-refractivity contribution in [1.82, 2.24) is 9.88 Å². The van der Waals surface area contributed by atoms with Crippen molar-refractivity contribution < 1.29 is 4.79 Å². The Morgan fingerprint density at radius 3 is 2.38 bits per heavy atom. The zero-order valence-corrected chi connectivity index (χ0v) is 13.2. The number of hydrogen-bond acceptors (Lipinski definition) is 1. The van der Waals surface area contributed by atoms with Gasteiger partial charge in [0.25, 0.3) is 0 Å². The number of aromatic nitrogens is 1. The average molecular weight is 305 g/mol. The molecule has 1 atom stereocenters. The van der Waals surface area contributed by atoms with Crippen molar-refractivity contribution in [1.29, 1.82) is 0 Å². The van der Waals surface area contributed by atoms with Crippen LogP contribution in [0.4, 0.5) is 0 Å². The predicted molar refractivity (Wildman–Crippen MR) is 86.5 cm³/mol. The third-order valence-corrected chi connectivity index (χ3v) is 3.57. The number of carbonyl (C=O) groups is 1. The van der Waals surface area contributed by atoms with Crippen LogP contribution < -0.4 is 5.32 Å². The molecule has 0 saturated carbocycles. The van der Waals surface area contributed by atoms with Crippen LogP contribution in [0.2, 0.25) is 5.02 Å². The fourth-order valence-corrected chi connectivity index (χ4v) is 2.50. The quantitative estimate of drug-likeness (QED) is 0.864. The zero-order chi connectivity index (χ0) is 15.2. The molecule has 3 nitrogen and oxygen atoms in total. The minimum absolute atomic E-state index is 0.0807. The van der Waals surface area contributed by atoms with Gasteiger partial charge in [0.2, 0.25) is 5.91 Å². The maximum atomic E-state index is 12.1. The molecular weight excluding hydrogens is 284 g/mol. The first-order valence-electron chi connectivity index (χ1n) is 7.20. The average Bonchev–Trinajstić information content (AvgIpc) is 2.91. The third kappa shape index (κ3) is 4.94. The number of carbonyl (C=O) groups excluding carboxylic acids is 1. The molecule has 0 aliphatic heterocycles. The molecular formula is C17H21ClN2O. The monoisotopic (exact) mass is 304 g/mol. The van der Waals surface area contributed by atoms with Crippen molar-refractivity contribution in [2.45, 2.75) is 38.8 Å². The van der Waals surface area contributed by atoms with Crippen LogP contribution >= 0.6 is 11.6 Å². The Morgan fingerprint density at radius 2 is 1.81 bits per heavy atom. The van der Waals surface area contributed by atoms with E-state index < -0.39 is 0 Å². The van der Waals surface area contributed by atoms with Gasteiger partial charge >= 0.3 is 0 Å². The molecule has 2 aromatic rings. The van der Waals surface area contributed by atoms with E-state index in [1.54, 1.807) is 0 Å².